The van der Waals surface area contributed by atoms with E-state index in [1.165, 1.54) is 13.0 Å². The molecule has 0 aliphatic carbocycles. The number of carbonyl (C=O) groups excluding carboxylic acids is 2. The van der Waals surface area contributed by atoms with Crippen LogP contribution < -0.4 is 10.6 Å². The van der Waals surface area contributed by atoms with Gasteiger partial charge < -0.3 is 4.74 Å². The van der Waals surface area contributed by atoms with E-state index in [9.17, 15) is 18.4 Å². The number of ether oxygens (including phenoxy) is 1. The van der Waals surface area contributed by atoms with Crippen molar-refractivity contribution in [2.75, 3.05) is 7.11 Å². The van der Waals surface area contributed by atoms with Gasteiger partial charge in [0.2, 0.25) is 5.91 Å². The minimum Gasteiger partial charge on any atom is -0.453 e. The molecule has 2 N–H and O–H groups in total. The topological polar surface area (TPSA) is 67.4 Å². The summed E-state index contributed by atoms with van der Waals surface area (Å²) in [5, 5.41) is 4.80. The van der Waals surface area contributed by atoms with Crippen molar-refractivity contribution < 1.29 is 23.1 Å². The van der Waals surface area contributed by atoms with Crippen LogP contribution >= 0.6 is 0 Å². The average molecular weight is 286 g/mol. The first-order valence-electron chi connectivity index (χ1n) is 5.95. The first-order chi connectivity index (χ1) is 9.35. The molecule has 0 saturated heterocycles. The molecule has 2 amide bonds. The summed E-state index contributed by atoms with van der Waals surface area (Å²) in [6, 6.07) is 1.91. The summed E-state index contributed by atoms with van der Waals surface area (Å²) in [5.41, 5.74) is 0.226. The standard InChI is InChI=1S/C13H16F2N2O3/c1-7(10-5-4-9(14)6-11(10)15)16-8(2)12(18)17-13(19)20-3/h4-8,16H,1-3H3,(H,17,18,19)/t7-,8+/m0/s1. The highest BCUT2D eigenvalue weighted by molar-refractivity contribution is 5.94. The fourth-order valence-corrected chi connectivity index (χ4v) is 1.65. The van der Waals surface area contributed by atoms with Gasteiger partial charge in [-0.25, -0.2) is 13.6 Å². The van der Waals surface area contributed by atoms with Crippen LogP contribution in [0.1, 0.15) is 25.5 Å². The second-order valence-electron chi connectivity index (χ2n) is 4.26. The number of amides is 2. The number of hydrogen-bond donors (Lipinski definition) is 2. The third-order valence-corrected chi connectivity index (χ3v) is 2.73. The fourth-order valence-electron chi connectivity index (χ4n) is 1.65. The Hall–Kier alpha value is -2.02. The Labute approximate surface area is 115 Å². The van der Waals surface area contributed by atoms with Crippen LogP contribution in [0.4, 0.5) is 13.6 Å². The molecule has 0 bridgehead atoms. The van der Waals surface area contributed by atoms with Crippen molar-refractivity contribution >= 4 is 12.0 Å². The van der Waals surface area contributed by atoms with E-state index in [1.54, 1.807) is 6.92 Å². The summed E-state index contributed by atoms with van der Waals surface area (Å²) >= 11 is 0. The zero-order chi connectivity index (χ0) is 15.3. The maximum atomic E-state index is 13.6. The number of imide groups is 1. The van der Waals surface area contributed by atoms with E-state index in [1.807, 2.05) is 5.32 Å². The van der Waals surface area contributed by atoms with E-state index < -0.39 is 35.7 Å². The predicted molar refractivity (Wildman–Crippen MR) is 67.9 cm³/mol. The summed E-state index contributed by atoms with van der Waals surface area (Å²) in [4.78, 5) is 22.5. The van der Waals surface area contributed by atoms with Crippen molar-refractivity contribution in [3.8, 4) is 0 Å². The molecule has 20 heavy (non-hydrogen) atoms. The number of carbonyl (C=O) groups is 2. The van der Waals surface area contributed by atoms with E-state index >= 15 is 0 Å². The first kappa shape index (κ1) is 16.0. The molecule has 0 aromatic heterocycles. The lowest BCUT2D eigenvalue weighted by atomic mass is 10.1. The number of hydrogen-bond acceptors (Lipinski definition) is 4. The minimum absolute atomic E-state index is 0.226. The van der Waals surface area contributed by atoms with Gasteiger partial charge in [-0.1, -0.05) is 6.07 Å². The lowest BCUT2D eigenvalue weighted by Crippen LogP contribution is -2.45. The van der Waals surface area contributed by atoms with Gasteiger partial charge in [0.25, 0.3) is 0 Å². The Morgan fingerprint density at radius 3 is 2.45 bits per heavy atom. The fraction of sp³-hybridized carbons (Fsp3) is 0.385. The van der Waals surface area contributed by atoms with E-state index in [4.69, 9.17) is 0 Å². The monoisotopic (exact) mass is 286 g/mol. The zero-order valence-corrected chi connectivity index (χ0v) is 11.4. The molecule has 0 aliphatic heterocycles. The highest BCUT2D eigenvalue weighted by Crippen LogP contribution is 2.18. The normalized spacial score (nSPS) is 13.4. The molecule has 0 radical (unpaired) electrons. The third kappa shape index (κ3) is 4.27. The molecule has 0 heterocycles. The quantitative estimate of drug-likeness (QED) is 0.887. The van der Waals surface area contributed by atoms with Crippen LogP contribution in [0, 0.1) is 11.6 Å². The van der Waals surface area contributed by atoms with Crippen LogP contribution in [-0.2, 0) is 9.53 Å². The summed E-state index contributed by atoms with van der Waals surface area (Å²) in [6.07, 6.45) is -0.871. The SMILES string of the molecule is COC(=O)NC(=O)[C@@H](C)N[C@@H](C)c1ccc(F)cc1F. The van der Waals surface area contributed by atoms with Gasteiger partial charge in [0.15, 0.2) is 0 Å². The number of benzene rings is 1. The van der Waals surface area contributed by atoms with Crippen molar-refractivity contribution in [3.05, 3.63) is 35.4 Å². The van der Waals surface area contributed by atoms with Gasteiger partial charge in [-0.2, -0.15) is 0 Å². The Kier molecular flexibility index (Phi) is 5.57. The number of rotatable bonds is 4. The van der Waals surface area contributed by atoms with Crippen LogP contribution in [0.3, 0.4) is 0 Å². The van der Waals surface area contributed by atoms with Gasteiger partial charge in [-0.15, -0.1) is 0 Å². The van der Waals surface area contributed by atoms with E-state index in [2.05, 4.69) is 10.1 Å². The molecule has 0 fully saturated rings. The first-order valence-corrected chi connectivity index (χ1v) is 5.95. The second-order valence-corrected chi connectivity index (χ2v) is 4.26. The molecule has 7 heteroatoms. The van der Waals surface area contributed by atoms with Crippen molar-refractivity contribution in [2.45, 2.75) is 25.9 Å². The van der Waals surface area contributed by atoms with Gasteiger partial charge in [0, 0.05) is 17.7 Å². The highest BCUT2D eigenvalue weighted by Gasteiger charge is 2.20. The summed E-state index contributed by atoms with van der Waals surface area (Å²) in [6.45, 7) is 3.13. The lowest BCUT2D eigenvalue weighted by molar-refractivity contribution is -0.122. The number of methoxy groups -OCH3 is 1. The molecule has 110 valence electrons. The molecule has 5 nitrogen and oxygen atoms in total. The Balaban J connectivity index is 2.67. The predicted octanol–water partition coefficient (Wildman–Crippen LogP) is 1.89. The van der Waals surface area contributed by atoms with Crippen LogP contribution in [0.25, 0.3) is 0 Å². The van der Waals surface area contributed by atoms with Crippen molar-refractivity contribution in [1.82, 2.24) is 10.6 Å². The summed E-state index contributed by atoms with van der Waals surface area (Å²) in [5.74, 6) is -1.98. The number of halogens is 2. The minimum atomic E-state index is -0.871. The van der Waals surface area contributed by atoms with Gasteiger partial charge in [0.1, 0.15) is 11.6 Å². The molecule has 1 aromatic carbocycles. The van der Waals surface area contributed by atoms with Gasteiger partial charge in [-0.05, 0) is 19.9 Å². The third-order valence-electron chi connectivity index (χ3n) is 2.73. The summed E-state index contributed by atoms with van der Waals surface area (Å²) in [7, 11) is 1.14. The Bertz CT molecular complexity index is 508. The van der Waals surface area contributed by atoms with Gasteiger partial charge in [0.05, 0.1) is 13.2 Å². The van der Waals surface area contributed by atoms with Crippen molar-refractivity contribution in [2.24, 2.45) is 0 Å². The largest absolute Gasteiger partial charge is 0.453 e. The maximum absolute atomic E-state index is 13.6. The van der Waals surface area contributed by atoms with Crippen LogP contribution in [0.15, 0.2) is 18.2 Å². The van der Waals surface area contributed by atoms with E-state index in [0.717, 1.165) is 19.2 Å². The van der Waals surface area contributed by atoms with Crippen LogP contribution in [0.5, 0.6) is 0 Å². The highest BCUT2D eigenvalue weighted by atomic mass is 19.1. The van der Waals surface area contributed by atoms with Crippen molar-refractivity contribution in [3.63, 3.8) is 0 Å². The molecule has 1 aromatic rings. The van der Waals surface area contributed by atoms with E-state index in [-0.39, 0.29) is 5.56 Å². The summed E-state index contributed by atoms with van der Waals surface area (Å²) < 4.78 is 30.7. The zero-order valence-electron chi connectivity index (χ0n) is 11.4. The second kappa shape index (κ2) is 6.95. The molecule has 0 aliphatic rings. The van der Waals surface area contributed by atoms with E-state index in [0.29, 0.717) is 0 Å². The Morgan fingerprint density at radius 1 is 1.25 bits per heavy atom. The van der Waals surface area contributed by atoms with Crippen LogP contribution in [-0.4, -0.2) is 25.2 Å². The molecule has 0 unspecified atom stereocenters. The smallest absolute Gasteiger partial charge is 0.413 e. The molecule has 1 rings (SSSR count). The molecule has 2 atom stereocenters. The van der Waals surface area contributed by atoms with Crippen molar-refractivity contribution in [1.29, 1.82) is 0 Å². The van der Waals surface area contributed by atoms with Gasteiger partial charge >= 0.3 is 6.09 Å². The Morgan fingerprint density at radius 2 is 1.90 bits per heavy atom. The molecule has 0 spiro atoms. The molecular formula is C13H16F2N2O3. The number of nitrogens with one attached hydrogen (secondary N) is 2. The maximum Gasteiger partial charge on any atom is 0.413 e. The van der Waals surface area contributed by atoms with Gasteiger partial charge in [-0.3, -0.25) is 15.4 Å². The molecular weight excluding hydrogens is 270 g/mol. The number of alkyl carbamates (subject to hydrolysis) is 1. The lowest BCUT2D eigenvalue weighted by Gasteiger charge is -2.19. The average Bonchev–Trinajstić information content (AvgIpc) is 2.37. The molecule has 0 saturated carbocycles. The van der Waals surface area contributed by atoms with Crippen LogP contribution in [0.2, 0.25) is 0 Å².